The molecular formula is C7H7N7OS. The first-order valence-electron chi connectivity index (χ1n) is 4.17. The van der Waals surface area contributed by atoms with E-state index in [2.05, 4.69) is 30.3 Å². The van der Waals surface area contributed by atoms with Gasteiger partial charge in [0.2, 0.25) is 0 Å². The molecule has 2 aromatic heterocycles. The van der Waals surface area contributed by atoms with Crippen LogP contribution in [-0.4, -0.2) is 25.5 Å². The first-order valence-corrected chi connectivity index (χ1v) is 4.94. The third kappa shape index (κ3) is 2.27. The van der Waals surface area contributed by atoms with Gasteiger partial charge in [0, 0.05) is 11.5 Å². The van der Waals surface area contributed by atoms with E-state index in [0.29, 0.717) is 10.8 Å². The first kappa shape index (κ1) is 10.4. The molecule has 2 aromatic rings. The van der Waals surface area contributed by atoms with Gasteiger partial charge in [-0.05, 0) is 0 Å². The minimum absolute atomic E-state index is 0.187. The highest BCUT2D eigenvalue weighted by Crippen LogP contribution is 2.10. The van der Waals surface area contributed by atoms with E-state index < -0.39 is 0 Å². The summed E-state index contributed by atoms with van der Waals surface area (Å²) in [5, 5.41) is 6.71. The Morgan fingerprint density at radius 2 is 2.19 bits per heavy atom. The summed E-state index contributed by atoms with van der Waals surface area (Å²) < 4.78 is 3.61. The Kier molecular flexibility index (Phi) is 2.98. The largest absolute Gasteiger partial charge is 0.310 e. The molecule has 0 aliphatic carbocycles. The van der Waals surface area contributed by atoms with Crippen molar-refractivity contribution < 1.29 is 4.79 Å². The van der Waals surface area contributed by atoms with Crippen LogP contribution >= 0.6 is 11.5 Å². The zero-order valence-corrected chi connectivity index (χ0v) is 8.73. The molecule has 82 valence electrons. The maximum Gasteiger partial charge on any atom is 0.276 e. The Morgan fingerprint density at radius 3 is 2.75 bits per heavy atom. The highest BCUT2D eigenvalue weighted by Gasteiger charge is 2.09. The number of amides is 1. The average Bonchev–Trinajstić information content (AvgIpc) is 2.82. The van der Waals surface area contributed by atoms with E-state index in [0.717, 1.165) is 11.5 Å². The van der Waals surface area contributed by atoms with Gasteiger partial charge in [0.1, 0.15) is 10.7 Å². The second-order valence-electron chi connectivity index (χ2n) is 2.67. The second kappa shape index (κ2) is 4.59. The van der Waals surface area contributed by atoms with Crippen molar-refractivity contribution in [2.75, 3.05) is 10.7 Å². The maximum atomic E-state index is 11.6. The molecule has 9 heteroatoms. The number of hydrazine groups is 1. The Bertz CT molecular complexity index is 468. The van der Waals surface area contributed by atoms with E-state index in [4.69, 9.17) is 5.84 Å². The van der Waals surface area contributed by atoms with Crippen molar-refractivity contribution in [2.45, 2.75) is 0 Å². The van der Waals surface area contributed by atoms with Gasteiger partial charge in [0.25, 0.3) is 5.91 Å². The number of nitrogens with two attached hydrogens (primary N) is 1. The Morgan fingerprint density at radius 1 is 1.31 bits per heavy atom. The van der Waals surface area contributed by atoms with Crippen LogP contribution in [0.4, 0.5) is 10.8 Å². The summed E-state index contributed by atoms with van der Waals surface area (Å²) >= 11 is 1.08. The number of nitrogens with one attached hydrogen (secondary N) is 2. The Labute approximate surface area is 94.1 Å². The first-order chi connectivity index (χ1) is 7.79. The van der Waals surface area contributed by atoms with Crippen molar-refractivity contribution in [3.05, 3.63) is 24.3 Å². The van der Waals surface area contributed by atoms with Gasteiger partial charge in [-0.15, -0.1) is 5.10 Å². The van der Waals surface area contributed by atoms with Crippen LogP contribution in [0.25, 0.3) is 0 Å². The van der Waals surface area contributed by atoms with E-state index in [-0.39, 0.29) is 11.6 Å². The van der Waals surface area contributed by atoms with Gasteiger partial charge in [-0.25, -0.2) is 15.8 Å². The van der Waals surface area contributed by atoms with Crippen molar-refractivity contribution in [1.29, 1.82) is 0 Å². The number of rotatable bonds is 3. The van der Waals surface area contributed by atoms with Crippen molar-refractivity contribution in [3.8, 4) is 0 Å². The molecule has 0 fully saturated rings. The van der Waals surface area contributed by atoms with Gasteiger partial charge in [-0.1, -0.05) is 4.49 Å². The number of nitrogens with zero attached hydrogens (tertiary/aromatic N) is 4. The number of anilines is 2. The van der Waals surface area contributed by atoms with Gasteiger partial charge < -0.3 is 10.7 Å². The van der Waals surface area contributed by atoms with Gasteiger partial charge in [0.15, 0.2) is 5.82 Å². The molecule has 16 heavy (non-hydrogen) atoms. The summed E-state index contributed by atoms with van der Waals surface area (Å²) in [6.07, 6.45) is 4.13. The molecule has 0 aliphatic heterocycles. The highest BCUT2D eigenvalue weighted by atomic mass is 32.1. The number of hydrogen-bond acceptors (Lipinski definition) is 8. The van der Waals surface area contributed by atoms with Crippen LogP contribution in [0, 0.1) is 0 Å². The highest BCUT2D eigenvalue weighted by molar-refractivity contribution is 7.10. The summed E-state index contributed by atoms with van der Waals surface area (Å²) in [6.45, 7) is 0. The lowest BCUT2D eigenvalue weighted by molar-refractivity contribution is 0.102. The number of carbonyl (C=O) groups excluding carboxylic acids is 1. The van der Waals surface area contributed by atoms with Crippen molar-refractivity contribution in [3.63, 3.8) is 0 Å². The van der Waals surface area contributed by atoms with Gasteiger partial charge in [-0.2, -0.15) is 0 Å². The molecule has 0 saturated heterocycles. The molecule has 1 amide bonds. The van der Waals surface area contributed by atoms with Crippen molar-refractivity contribution in [1.82, 2.24) is 19.6 Å². The molecule has 0 atom stereocenters. The Hall–Kier alpha value is -2.13. The number of hydrogen-bond donors (Lipinski definition) is 3. The number of carbonyl (C=O) groups is 1. The third-order valence-electron chi connectivity index (χ3n) is 1.63. The molecular weight excluding hydrogens is 230 g/mol. The molecule has 0 unspecified atom stereocenters. The van der Waals surface area contributed by atoms with E-state index in [1.807, 2.05) is 0 Å². The average molecular weight is 237 g/mol. The molecule has 0 saturated carbocycles. The quantitative estimate of drug-likeness (QED) is 0.502. The molecule has 2 heterocycles. The molecule has 4 N–H and O–H groups in total. The fourth-order valence-corrected chi connectivity index (χ4v) is 1.33. The predicted octanol–water partition coefficient (Wildman–Crippen LogP) is -0.134. The molecule has 0 radical (unpaired) electrons. The summed E-state index contributed by atoms with van der Waals surface area (Å²) in [7, 11) is 0. The lowest BCUT2D eigenvalue weighted by atomic mass is 10.4. The van der Waals surface area contributed by atoms with Crippen LogP contribution < -0.4 is 16.6 Å². The SMILES string of the molecule is NNc1cnc(C(=O)Nc2cnns2)cn1. The number of nitrogen functional groups attached to an aromatic ring is 1. The van der Waals surface area contributed by atoms with E-state index in [1.54, 1.807) is 0 Å². The van der Waals surface area contributed by atoms with Crippen LogP contribution in [0.1, 0.15) is 10.5 Å². The van der Waals surface area contributed by atoms with Crippen LogP contribution in [-0.2, 0) is 0 Å². The van der Waals surface area contributed by atoms with Crippen LogP contribution in [0.5, 0.6) is 0 Å². The Balaban J connectivity index is 2.09. The molecule has 0 aliphatic rings. The van der Waals surface area contributed by atoms with Gasteiger partial charge in [0.05, 0.1) is 18.6 Å². The normalized spacial score (nSPS) is 9.81. The summed E-state index contributed by atoms with van der Waals surface area (Å²) in [6, 6.07) is 0. The molecule has 8 nitrogen and oxygen atoms in total. The zero-order valence-electron chi connectivity index (χ0n) is 7.91. The number of aromatic nitrogens is 4. The van der Waals surface area contributed by atoms with Crippen LogP contribution in [0.2, 0.25) is 0 Å². The molecule has 2 rings (SSSR count). The topological polar surface area (TPSA) is 119 Å². The summed E-state index contributed by atoms with van der Waals surface area (Å²) in [5.74, 6) is 5.13. The standard InChI is InChI=1S/C7H7N7OS/c8-13-5-2-9-4(1-10-5)7(15)12-6-3-11-14-16-6/h1-3H,8H2,(H,10,13)(H,12,15). The van der Waals surface area contributed by atoms with Gasteiger partial charge >= 0.3 is 0 Å². The molecule has 0 spiro atoms. The molecule has 0 aromatic carbocycles. The van der Waals surface area contributed by atoms with E-state index in [9.17, 15) is 4.79 Å². The lowest BCUT2D eigenvalue weighted by Crippen LogP contribution is -2.15. The smallest absolute Gasteiger partial charge is 0.276 e. The molecule has 0 bridgehead atoms. The second-order valence-corrected chi connectivity index (χ2v) is 3.45. The van der Waals surface area contributed by atoms with Crippen molar-refractivity contribution in [2.24, 2.45) is 5.84 Å². The van der Waals surface area contributed by atoms with Gasteiger partial charge in [-0.3, -0.25) is 4.79 Å². The van der Waals surface area contributed by atoms with Crippen LogP contribution in [0.15, 0.2) is 18.6 Å². The summed E-state index contributed by atoms with van der Waals surface area (Å²) in [5.41, 5.74) is 2.50. The lowest BCUT2D eigenvalue weighted by Gasteiger charge is -2.01. The minimum Gasteiger partial charge on any atom is -0.310 e. The minimum atomic E-state index is -0.373. The fraction of sp³-hybridized carbons (Fsp3) is 0. The predicted molar refractivity (Wildman–Crippen MR) is 57.7 cm³/mol. The maximum absolute atomic E-state index is 11.6. The fourth-order valence-electron chi connectivity index (χ4n) is 0.918. The van der Waals surface area contributed by atoms with Crippen LogP contribution in [0.3, 0.4) is 0 Å². The summed E-state index contributed by atoms with van der Waals surface area (Å²) in [4.78, 5) is 19.3. The zero-order chi connectivity index (χ0) is 11.4. The third-order valence-corrected chi connectivity index (χ3v) is 2.21. The van der Waals surface area contributed by atoms with E-state index in [1.165, 1.54) is 18.6 Å². The monoisotopic (exact) mass is 237 g/mol. The van der Waals surface area contributed by atoms with Crippen molar-refractivity contribution >= 4 is 28.3 Å². The van der Waals surface area contributed by atoms with E-state index >= 15 is 0 Å².